The Hall–Kier alpha value is -1.11. The van der Waals surface area contributed by atoms with E-state index < -0.39 is 0 Å². The molecule has 12 heavy (non-hydrogen) atoms. The van der Waals surface area contributed by atoms with Gasteiger partial charge in [-0.2, -0.15) is 0 Å². The van der Waals surface area contributed by atoms with Crippen LogP contribution < -0.4 is 0 Å². The van der Waals surface area contributed by atoms with Crippen molar-refractivity contribution in [1.82, 2.24) is 0 Å². The highest BCUT2D eigenvalue weighted by Crippen LogP contribution is 2.27. The van der Waals surface area contributed by atoms with Gasteiger partial charge in [-0.05, 0) is 17.9 Å². The predicted octanol–water partition coefficient (Wildman–Crippen LogP) is 2.41. The van der Waals surface area contributed by atoms with E-state index in [-0.39, 0.29) is 0 Å². The molecule has 2 rings (SSSR count). The highest BCUT2D eigenvalue weighted by atomic mass is 16.1. The first-order valence-electron chi connectivity index (χ1n) is 4.40. The largest absolute Gasteiger partial charge is 0.294 e. The predicted molar refractivity (Wildman–Crippen MR) is 48.7 cm³/mol. The van der Waals surface area contributed by atoms with E-state index in [0.717, 1.165) is 12.0 Å². The van der Waals surface area contributed by atoms with Crippen molar-refractivity contribution < 1.29 is 4.79 Å². The summed E-state index contributed by atoms with van der Waals surface area (Å²) in [4.78, 5) is 11.3. The van der Waals surface area contributed by atoms with Crippen molar-refractivity contribution >= 4 is 5.78 Å². The number of hydrogen-bond donors (Lipinski definition) is 0. The summed E-state index contributed by atoms with van der Waals surface area (Å²) in [5, 5.41) is 0. The number of ketones is 1. The summed E-state index contributed by atoms with van der Waals surface area (Å²) < 4.78 is 0. The Morgan fingerprint density at radius 3 is 2.83 bits per heavy atom. The van der Waals surface area contributed by atoms with Crippen LogP contribution in [0.4, 0.5) is 0 Å². The molecule has 0 heterocycles. The quantitative estimate of drug-likeness (QED) is 0.532. The summed E-state index contributed by atoms with van der Waals surface area (Å²) in [6.45, 7) is 2.12. The molecule has 0 aromatic carbocycles. The zero-order chi connectivity index (χ0) is 8.55. The van der Waals surface area contributed by atoms with Crippen LogP contribution in [0.1, 0.15) is 19.8 Å². The molecule has 62 valence electrons. The van der Waals surface area contributed by atoms with Crippen molar-refractivity contribution in [2.24, 2.45) is 5.92 Å². The van der Waals surface area contributed by atoms with Crippen molar-refractivity contribution in [3.05, 3.63) is 35.5 Å². The van der Waals surface area contributed by atoms with Gasteiger partial charge >= 0.3 is 0 Å². The van der Waals surface area contributed by atoms with Gasteiger partial charge in [0, 0.05) is 12.0 Å². The lowest BCUT2D eigenvalue weighted by molar-refractivity contribution is -0.114. The number of allylic oxidation sites excluding steroid dienone is 6. The molecule has 0 aliphatic heterocycles. The molecule has 0 saturated heterocycles. The fourth-order valence-corrected chi connectivity index (χ4v) is 1.65. The molecule has 1 unspecified atom stereocenters. The number of carbonyl (C=O) groups excluding carboxylic acids is 1. The molecular formula is C11H12O. The SMILES string of the molecule is CC1C=CC2=C(C=C1)C(=O)CC2. The first kappa shape index (κ1) is 7.53. The smallest absolute Gasteiger partial charge is 0.163 e. The summed E-state index contributed by atoms with van der Waals surface area (Å²) in [6.07, 6.45) is 9.95. The zero-order valence-electron chi connectivity index (χ0n) is 7.21. The molecule has 0 spiro atoms. The van der Waals surface area contributed by atoms with E-state index in [9.17, 15) is 4.79 Å². The zero-order valence-corrected chi connectivity index (χ0v) is 7.21. The van der Waals surface area contributed by atoms with Crippen LogP contribution in [0.15, 0.2) is 35.5 Å². The molecule has 0 amide bonds. The van der Waals surface area contributed by atoms with E-state index in [1.165, 1.54) is 5.57 Å². The normalized spacial score (nSPS) is 27.8. The van der Waals surface area contributed by atoms with Crippen molar-refractivity contribution in [1.29, 1.82) is 0 Å². The fraction of sp³-hybridized carbons (Fsp3) is 0.364. The first-order valence-corrected chi connectivity index (χ1v) is 4.40. The number of carbonyl (C=O) groups is 1. The van der Waals surface area contributed by atoms with Gasteiger partial charge < -0.3 is 0 Å². The van der Waals surface area contributed by atoms with E-state index in [2.05, 4.69) is 25.2 Å². The fourth-order valence-electron chi connectivity index (χ4n) is 1.65. The number of rotatable bonds is 0. The topological polar surface area (TPSA) is 17.1 Å². The van der Waals surface area contributed by atoms with Gasteiger partial charge in [0.25, 0.3) is 0 Å². The highest BCUT2D eigenvalue weighted by Gasteiger charge is 2.20. The molecule has 0 fully saturated rings. The van der Waals surface area contributed by atoms with Gasteiger partial charge in [-0.1, -0.05) is 31.2 Å². The maximum atomic E-state index is 11.3. The molecule has 0 aromatic rings. The van der Waals surface area contributed by atoms with Crippen LogP contribution in [0, 0.1) is 5.92 Å². The van der Waals surface area contributed by atoms with E-state index in [1.807, 2.05) is 6.08 Å². The minimum Gasteiger partial charge on any atom is -0.294 e. The van der Waals surface area contributed by atoms with Gasteiger partial charge in [0.2, 0.25) is 0 Å². The second-order valence-corrected chi connectivity index (χ2v) is 3.44. The maximum absolute atomic E-state index is 11.3. The van der Waals surface area contributed by atoms with Gasteiger partial charge in [-0.15, -0.1) is 0 Å². The standard InChI is InChI=1S/C11H12O/c1-8-2-4-9-5-7-11(12)10(9)6-3-8/h2-4,6,8H,5,7H2,1H3. The van der Waals surface area contributed by atoms with E-state index in [0.29, 0.717) is 18.1 Å². The first-order chi connectivity index (χ1) is 5.77. The molecule has 2 aliphatic rings. The van der Waals surface area contributed by atoms with Gasteiger partial charge in [0.05, 0.1) is 0 Å². The number of hydrogen-bond acceptors (Lipinski definition) is 1. The van der Waals surface area contributed by atoms with Crippen LogP contribution in [-0.2, 0) is 4.79 Å². The van der Waals surface area contributed by atoms with E-state index >= 15 is 0 Å². The molecule has 1 heteroatoms. The molecule has 1 nitrogen and oxygen atoms in total. The Balaban J connectivity index is 2.40. The summed E-state index contributed by atoms with van der Waals surface area (Å²) in [5.74, 6) is 0.767. The molecule has 0 bridgehead atoms. The monoisotopic (exact) mass is 160 g/mol. The lowest BCUT2D eigenvalue weighted by atomic mass is 10.1. The van der Waals surface area contributed by atoms with E-state index in [4.69, 9.17) is 0 Å². The Morgan fingerprint density at radius 2 is 2.00 bits per heavy atom. The minimum atomic E-state index is 0.306. The van der Waals surface area contributed by atoms with Crippen LogP contribution in [0.25, 0.3) is 0 Å². The van der Waals surface area contributed by atoms with Crippen molar-refractivity contribution in [3.8, 4) is 0 Å². The lowest BCUT2D eigenvalue weighted by Crippen LogP contribution is -1.92. The van der Waals surface area contributed by atoms with Crippen molar-refractivity contribution in [2.45, 2.75) is 19.8 Å². The lowest BCUT2D eigenvalue weighted by Gasteiger charge is -1.93. The van der Waals surface area contributed by atoms with Gasteiger partial charge in [-0.25, -0.2) is 0 Å². The number of Topliss-reactive ketones (excluding diaryl/α,β-unsaturated/α-hetero) is 1. The van der Waals surface area contributed by atoms with Crippen LogP contribution in [0.3, 0.4) is 0 Å². The van der Waals surface area contributed by atoms with Crippen LogP contribution in [0.2, 0.25) is 0 Å². The highest BCUT2D eigenvalue weighted by molar-refractivity contribution is 6.02. The third-order valence-corrected chi connectivity index (χ3v) is 2.44. The summed E-state index contributed by atoms with van der Waals surface area (Å²) >= 11 is 0. The van der Waals surface area contributed by atoms with Crippen molar-refractivity contribution in [3.63, 3.8) is 0 Å². The van der Waals surface area contributed by atoms with Crippen LogP contribution in [0.5, 0.6) is 0 Å². The summed E-state index contributed by atoms with van der Waals surface area (Å²) in [6, 6.07) is 0. The van der Waals surface area contributed by atoms with Gasteiger partial charge in [-0.3, -0.25) is 4.79 Å². The molecule has 0 aromatic heterocycles. The van der Waals surface area contributed by atoms with E-state index in [1.54, 1.807) is 0 Å². The molecular weight excluding hydrogens is 148 g/mol. The van der Waals surface area contributed by atoms with Gasteiger partial charge in [0.15, 0.2) is 5.78 Å². The molecule has 0 saturated carbocycles. The average Bonchev–Trinajstić information content (AvgIpc) is 2.28. The Bertz CT molecular complexity index is 305. The third-order valence-electron chi connectivity index (χ3n) is 2.44. The molecule has 0 radical (unpaired) electrons. The third kappa shape index (κ3) is 1.15. The van der Waals surface area contributed by atoms with Gasteiger partial charge in [0.1, 0.15) is 0 Å². The second-order valence-electron chi connectivity index (χ2n) is 3.44. The minimum absolute atomic E-state index is 0.306. The molecule has 1 atom stereocenters. The maximum Gasteiger partial charge on any atom is 0.163 e. The summed E-state index contributed by atoms with van der Waals surface area (Å²) in [5.41, 5.74) is 2.16. The second kappa shape index (κ2) is 2.74. The van der Waals surface area contributed by atoms with Crippen molar-refractivity contribution in [2.75, 3.05) is 0 Å². The Labute approximate surface area is 72.5 Å². The Kier molecular flexibility index (Phi) is 1.72. The summed E-state index contributed by atoms with van der Waals surface area (Å²) in [7, 11) is 0. The molecule has 2 aliphatic carbocycles. The van der Waals surface area contributed by atoms with Crippen LogP contribution >= 0.6 is 0 Å². The Morgan fingerprint density at radius 1 is 1.25 bits per heavy atom. The van der Waals surface area contributed by atoms with Crippen LogP contribution in [-0.4, -0.2) is 5.78 Å². The average molecular weight is 160 g/mol. The molecule has 0 N–H and O–H groups in total.